The van der Waals surface area contributed by atoms with Crippen molar-refractivity contribution in [2.75, 3.05) is 0 Å². The zero-order valence-corrected chi connectivity index (χ0v) is 10.3. The monoisotopic (exact) mass is 233 g/mol. The Hall–Kier alpha value is -1.64. The Kier molecular flexibility index (Phi) is 5.40. The molecule has 0 spiro atoms. The minimum absolute atomic E-state index is 0.0739. The van der Waals surface area contributed by atoms with Crippen LogP contribution < -0.4 is 5.32 Å². The summed E-state index contributed by atoms with van der Waals surface area (Å²) in [5, 5.41) is 2.73. The number of rotatable bonds is 6. The molecule has 3 heteroatoms. The molecule has 0 saturated heterocycles. The largest absolute Gasteiger partial charge is 0.346 e. The molecule has 0 fully saturated rings. The smallest absolute Gasteiger partial charge is 0.223 e. The number of carbonyl (C=O) groups is 2. The van der Waals surface area contributed by atoms with Crippen LogP contribution in [0.15, 0.2) is 30.3 Å². The van der Waals surface area contributed by atoms with E-state index in [4.69, 9.17) is 0 Å². The van der Waals surface area contributed by atoms with Crippen molar-refractivity contribution in [1.82, 2.24) is 5.32 Å². The van der Waals surface area contributed by atoms with Crippen molar-refractivity contribution in [3.05, 3.63) is 35.9 Å². The summed E-state index contributed by atoms with van der Waals surface area (Å²) in [4.78, 5) is 22.3. The first-order valence-electron chi connectivity index (χ1n) is 5.93. The maximum absolute atomic E-state index is 11.5. The molecule has 3 nitrogen and oxygen atoms in total. The average Bonchev–Trinajstić information content (AvgIpc) is 2.35. The van der Waals surface area contributed by atoms with Gasteiger partial charge in [0.15, 0.2) is 0 Å². The summed E-state index contributed by atoms with van der Waals surface area (Å²) in [6.07, 6.45) is 2.25. The lowest BCUT2D eigenvalue weighted by Gasteiger charge is -2.14. The van der Waals surface area contributed by atoms with Crippen LogP contribution in [0.25, 0.3) is 0 Å². The summed E-state index contributed by atoms with van der Waals surface area (Å²) in [5.74, 6) is -0.163. The Morgan fingerprint density at radius 3 is 2.47 bits per heavy atom. The number of carbonyl (C=O) groups excluding carboxylic acids is 2. The highest BCUT2D eigenvalue weighted by atomic mass is 16.2. The topological polar surface area (TPSA) is 46.2 Å². The van der Waals surface area contributed by atoms with E-state index in [0.717, 1.165) is 12.7 Å². The molecule has 0 aliphatic rings. The molecule has 1 unspecified atom stereocenters. The van der Waals surface area contributed by atoms with E-state index in [1.54, 1.807) is 0 Å². The van der Waals surface area contributed by atoms with Crippen LogP contribution in [-0.4, -0.2) is 18.2 Å². The zero-order chi connectivity index (χ0) is 12.7. The Morgan fingerprint density at radius 1 is 1.29 bits per heavy atom. The first-order chi connectivity index (χ1) is 8.13. The highest BCUT2D eigenvalue weighted by Crippen LogP contribution is 2.04. The maximum atomic E-state index is 11.5. The number of nitrogens with one attached hydrogen (secondary N) is 1. The maximum Gasteiger partial charge on any atom is 0.223 e. The van der Waals surface area contributed by atoms with Crippen molar-refractivity contribution in [3.8, 4) is 0 Å². The van der Waals surface area contributed by atoms with Gasteiger partial charge in [0.1, 0.15) is 6.29 Å². The van der Waals surface area contributed by atoms with Gasteiger partial charge in [0.2, 0.25) is 5.91 Å². The fraction of sp³-hybridized carbons (Fsp3) is 0.429. The van der Waals surface area contributed by atoms with E-state index in [-0.39, 0.29) is 17.9 Å². The van der Waals surface area contributed by atoms with Crippen LogP contribution in [-0.2, 0) is 16.0 Å². The lowest BCUT2D eigenvalue weighted by molar-refractivity contribution is -0.126. The molecule has 92 valence electrons. The van der Waals surface area contributed by atoms with Crippen LogP contribution >= 0.6 is 0 Å². The van der Waals surface area contributed by atoms with E-state index < -0.39 is 0 Å². The van der Waals surface area contributed by atoms with E-state index in [2.05, 4.69) is 5.32 Å². The lowest BCUT2D eigenvalue weighted by atomic mass is 10.1. The predicted molar refractivity (Wildman–Crippen MR) is 67.6 cm³/mol. The van der Waals surface area contributed by atoms with Gasteiger partial charge >= 0.3 is 0 Å². The van der Waals surface area contributed by atoms with Crippen molar-refractivity contribution in [1.29, 1.82) is 0 Å². The SMILES string of the molecule is CC(C)C(=O)NC(C=O)CCc1ccccc1. The molecule has 0 aromatic heterocycles. The van der Waals surface area contributed by atoms with Gasteiger partial charge in [-0.1, -0.05) is 44.2 Å². The molecule has 0 heterocycles. The van der Waals surface area contributed by atoms with Gasteiger partial charge in [-0.15, -0.1) is 0 Å². The number of aldehydes is 1. The summed E-state index contributed by atoms with van der Waals surface area (Å²) in [6.45, 7) is 3.63. The van der Waals surface area contributed by atoms with Crippen LogP contribution in [0, 0.1) is 5.92 Å². The molecule has 1 amide bonds. The second kappa shape index (κ2) is 6.84. The first kappa shape index (κ1) is 13.4. The number of hydrogen-bond donors (Lipinski definition) is 1. The van der Waals surface area contributed by atoms with Gasteiger partial charge in [-0.3, -0.25) is 4.79 Å². The number of amides is 1. The van der Waals surface area contributed by atoms with Crippen LogP contribution in [0.4, 0.5) is 0 Å². The van der Waals surface area contributed by atoms with Gasteiger partial charge in [-0.25, -0.2) is 0 Å². The van der Waals surface area contributed by atoms with Crippen molar-refractivity contribution < 1.29 is 9.59 Å². The molecule has 1 aromatic rings. The Morgan fingerprint density at radius 2 is 1.94 bits per heavy atom. The minimum Gasteiger partial charge on any atom is -0.346 e. The Labute approximate surface area is 102 Å². The van der Waals surface area contributed by atoms with Crippen molar-refractivity contribution in [2.24, 2.45) is 5.92 Å². The normalized spacial score (nSPS) is 12.2. The molecular weight excluding hydrogens is 214 g/mol. The second-order valence-corrected chi connectivity index (χ2v) is 4.43. The van der Waals surface area contributed by atoms with Crippen LogP contribution in [0.3, 0.4) is 0 Å². The third-order valence-corrected chi connectivity index (χ3v) is 2.60. The van der Waals surface area contributed by atoms with E-state index >= 15 is 0 Å². The Bertz CT molecular complexity index is 360. The van der Waals surface area contributed by atoms with Gasteiger partial charge < -0.3 is 10.1 Å². The number of hydrogen-bond acceptors (Lipinski definition) is 2. The van der Waals surface area contributed by atoms with Gasteiger partial charge in [0, 0.05) is 5.92 Å². The molecule has 1 N–H and O–H groups in total. The fourth-order valence-corrected chi connectivity index (χ4v) is 1.49. The van der Waals surface area contributed by atoms with Gasteiger partial charge in [-0.2, -0.15) is 0 Å². The van der Waals surface area contributed by atoms with Crippen LogP contribution in [0.5, 0.6) is 0 Å². The Balaban J connectivity index is 2.43. The van der Waals surface area contributed by atoms with Crippen LogP contribution in [0.2, 0.25) is 0 Å². The predicted octanol–water partition coefficient (Wildman–Crippen LogP) is 1.96. The second-order valence-electron chi connectivity index (χ2n) is 4.43. The highest BCUT2D eigenvalue weighted by molar-refractivity contribution is 5.81. The third kappa shape index (κ3) is 4.81. The molecule has 0 radical (unpaired) electrons. The third-order valence-electron chi connectivity index (χ3n) is 2.60. The summed E-state index contributed by atoms with van der Waals surface area (Å²) in [6, 6.07) is 9.56. The summed E-state index contributed by atoms with van der Waals surface area (Å²) in [5.41, 5.74) is 1.18. The first-order valence-corrected chi connectivity index (χ1v) is 5.93. The molecular formula is C14H19NO2. The summed E-state index contributed by atoms with van der Waals surface area (Å²) < 4.78 is 0. The lowest BCUT2D eigenvalue weighted by Crippen LogP contribution is -2.38. The number of aryl methyl sites for hydroxylation is 1. The van der Waals surface area contributed by atoms with Gasteiger partial charge in [-0.05, 0) is 18.4 Å². The molecule has 0 bridgehead atoms. The molecule has 0 saturated carbocycles. The highest BCUT2D eigenvalue weighted by Gasteiger charge is 2.13. The van der Waals surface area contributed by atoms with E-state index in [1.807, 2.05) is 44.2 Å². The van der Waals surface area contributed by atoms with Crippen molar-refractivity contribution >= 4 is 12.2 Å². The van der Waals surface area contributed by atoms with Gasteiger partial charge in [0.25, 0.3) is 0 Å². The van der Waals surface area contributed by atoms with E-state index in [9.17, 15) is 9.59 Å². The van der Waals surface area contributed by atoms with Crippen molar-refractivity contribution in [2.45, 2.75) is 32.7 Å². The molecule has 17 heavy (non-hydrogen) atoms. The van der Waals surface area contributed by atoms with E-state index in [0.29, 0.717) is 6.42 Å². The number of benzene rings is 1. The molecule has 1 atom stereocenters. The molecule has 0 aliphatic carbocycles. The molecule has 1 aromatic carbocycles. The molecule has 0 aliphatic heterocycles. The van der Waals surface area contributed by atoms with Crippen LogP contribution in [0.1, 0.15) is 25.8 Å². The van der Waals surface area contributed by atoms with E-state index in [1.165, 1.54) is 5.56 Å². The molecule has 1 rings (SSSR count). The fourth-order valence-electron chi connectivity index (χ4n) is 1.49. The summed E-state index contributed by atoms with van der Waals surface area (Å²) in [7, 11) is 0. The van der Waals surface area contributed by atoms with Gasteiger partial charge in [0.05, 0.1) is 6.04 Å². The standard InChI is InChI=1S/C14H19NO2/c1-11(2)14(17)15-13(10-16)9-8-12-6-4-3-5-7-12/h3-7,10-11,13H,8-9H2,1-2H3,(H,15,17). The zero-order valence-electron chi connectivity index (χ0n) is 10.3. The minimum atomic E-state index is -0.384. The average molecular weight is 233 g/mol. The summed E-state index contributed by atoms with van der Waals surface area (Å²) >= 11 is 0. The quantitative estimate of drug-likeness (QED) is 0.763. The van der Waals surface area contributed by atoms with Crippen molar-refractivity contribution in [3.63, 3.8) is 0 Å².